The molecule has 0 fully saturated rings. The van der Waals surface area contributed by atoms with Crippen molar-refractivity contribution >= 4 is 27.9 Å². The number of benzene rings is 3. The maximum Gasteiger partial charge on any atom is 0.190 e. The average Bonchev–Trinajstić information content (AvgIpc) is 3.62. The number of rotatable bonds is 12. The number of fused-ring (bicyclic) bond motifs is 1. The van der Waals surface area contributed by atoms with Crippen molar-refractivity contribution in [3.63, 3.8) is 0 Å². The summed E-state index contributed by atoms with van der Waals surface area (Å²) in [6, 6.07) is 23.8. The number of hydrogen-bond donors (Lipinski definition) is 1. The van der Waals surface area contributed by atoms with E-state index in [1.165, 1.54) is 35.2 Å². The minimum atomic E-state index is 0.664. The molecule has 0 saturated carbocycles. The van der Waals surface area contributed by atoms with E-state index in [0.717, 1.165) is 59.3 Å². The Hall–Kier alpha value is -3.83. The fourth-order valence-electron chi connectivity index (χ4n) is 4.83. The third-order valence-electron chi connectivity index (χ3n) is 6.91. The lowest BCUT2D eigenvalue weighted by Crippen LogP contribution is -2.17. The van der Waals surface area contributed by atoms with Crippen LogP contribution in [0.3, 0.4) is 0 Å². The Kier molecular flexibility index (Phi) is 8.25. The van der Waals surface area contributed by atoms with Crippen LogP contribution in [0.25, 0.3) is 17.0 Å². The summed E-state index contributed by atoms with van der Waals surface area (Å²) in [6.45, 7) is 12.2. The van der Waals surface area contributed by atoms with Crippen LogP contribution in [-0.2, 0) is 19.4 Å². The first kappa shape index (κ1) is 25.8. The SMILES string of the molecule is C=CCCNC(=C)c1ccc(CN(c2ccc3c(c2)CCC3)c2nc(-c3ccc(OCC)cc3)cs2)cc1. The van der Waals surface area contributed by atoms with Crippen molar-refractivity contribution < 1.29 is 4.74 Å². The number of aromatic nitrogens is 1. The quantitative estimate of drug-likeness (QED) is 0.151. The van der Waals surface area contributed by atoms with Crippen molar-refractivity contribution in [3.8, 4) is 17.0 Å². The Bertz CT molecular complexity index is 1390. The van der Waals surface area contributed by atoms with Gasteiger partial charge in [0.1, 0.15) is 5.75 Å². The highest BCUT2D eigenvalue weighted by atomic mass is 32.1. The van der Waals surface area contributed by atoms with Crippen LogP contribution in [-0.4, -0.2) is 18.1 Å². The Morgan fingerprint density at radius 1 is 1.05 bits per heavy atom. The summed E-state index contributed by atoms with van der Waals surface area (Å²) in [5.74, 6) is 0.883. The van der Waals surface area contributed by atoms with Crippen LogP contribution < -0.4 is 15.0 Å². The zero-order valence-electron chi connectivity index (χ0n) is 22.1. The molecule has 0 aliphatic heterocycles. The van der Waals surface area contributed by atoms with Gasteiger partial charge in [-0.2, -0.15) is 0 Å². The minimum absolute atomic E-state index is 0.664. The third kappa shape index (κ3) is 6.00. The van der Waals surface area contributed by atoms with Gasteiger partial charge in [0.25, 0.3) is 0 Å². The minimum Gasteiger partial charge on any atom is -0.494 e. The predicted molar refractivity (Wildman–Crippen MR) is 161 cm³/mol. The number of nitrogens with one attached hydrogen (secondary N) is 1. The molecule has 1 aromatic heterocycles. The van der Waals surface area contributed by atoms with Crippen LogP contribution in [0.15, 0.2) is 91.3 Å². The van der Waals surface area contributed by atoms with Gasteiger partial charge in [0.05, 0.1) is 18.8 Å². The highest BCUT2D eigenvalue weighted by Crippen LogP contribution is 2.36. The zero-order chi connectivity index (χ0) is 26.3. The van der Waals surface area contributed by atoms with Gasteiger partial charge in [-0.15, -0.1) is 17.9 Å². The van der Waals surface area contributed by atoms with E-state index in [4.69, 9.17) is 9.72 Å². The first-order valence-corrected chi connectivity index (χ1v) is 14.2. The molecule has 5 heteroatoms. The highest BCUT2D eigenvalue weighted by Gasteiger charge is 2.18. The van der Waals surface area contributed by atoms with Crippen molar-refractivity contribution in [2.75, 3.05) is 18.1 Å². The Morgan fingerprint density at radius 3 is 2.61 bits per heavy atom. The summed E-state index contributed by atoms with van der Waals surface area (Å²) in [6.07, 6.45) is 6.41. The van der Waals surface area contributed by atoms with Crippen molar-refractivity contribution in [2.24, 2.45) is 0 Å². The highest BCUT2D eigenvalue weighted by molar-refractivity contribution is 7.14. The summed E-state index contributed by atoms with van der Waals surface area (Å²) in [4.78, 5) is 7.42. The first-order chi connectivity index (χ1) is 18.6. The third-order valence-corrected chi connectivity index (χ3v) is 7.77. The molecule has 0 saturated heterocycles. The van der Waals surface area contributed by atoms with E-state index in [1.54, 1.807) is 11.3 Å². The van der Waals surface area contributed by atoms with Gasteiger partial charge in [0, 0.05) is 28.9 Å². The second kappa shape index (κ2) is 12.1. The van der Waals surface area contributed by atoms with Crippen molar-refractivity contribution in [1.29, 1.82) is 0 Å². The van der Waals surface area contributed by atoms with Gasteiger partial charge in [0.15, 0.2) is 5.13 Å². The Balaban J connectivity index is 1.40. The van der Waals surface area contributed by atoms with Crippen LogP contribution in [0.5, 0.6) is 5.75 Å². The van der Waals surface area contributed by atoms with Crippen LogP contribution >= 0.6 is 11.3 Å². The van der Waals surface area contributed by atoms with Gasteiger partial charge in [0.2, 0.25) is 0 Å². The molecule has 0 spiro atoms. The monoisotopic (exact) mass is 521 g/mol. The van der Waals surface area contributed by atoms with Crippen molar-refractivity contribution in [3.05, 3.63) is 114 Å². The molecule has 0 atom stereocenters. The summed E-state index contributed by atoms with van der Waals surface area (Å²) in [7, 11) is 0. The van der Waals surface area contributed by atoms with E-state index in [9.17, 15) is 0 Å². The zero-order valence-corrected chi connectivity index (χ0v) is 22.9. The first-order valence-electron chi connectivity index (χ1n) is 13.4. The van der Waals surface area contributed by atoms with Gasteiger partial charge in [-0.25, -0.2) is 4.98 Å². The molecule has 3 aromatic carbocycles. The maximum atomic E-state index is 5.61. The van der Waals surface area contributed by atoms with E-state index in [2.05, 4.69) is 83.4 Å². The summed E-state index contributed by atoms with van der Waals surface area (Å²) in [5, 5.41) is 6.51. The largest absolute Gasteiger partial charge is 0.494 e. The van der Waals surface area contributed by atoms with E-state index < -0.39 is 0 Å². The van der Waals surface area contributed by atoms with Crippen LogP contribution in [0.4, 0.5) is 10.8 Å². The van der Waals surface area contributed by atoms with E-state index in [-0.39, 0.29) is 0 Å². The molecule has 0 radical (unpaired) electrons. The smallest absolute Gasteiger partial charge is 0.190 e. The van der Waals surface area contributed by atoms with Crippen LogP contribution in [0.1, 0.15) is 42.0 Å². The molecule has 0 bridgehead atoms. The number of anilines is 2. The number of hydrogen-bond acceptors (Lipinski definition) is 5. The number of ether oxygens (including phenoxy) is 1. The fraction of sp³-hybridized carbons (Fsp3) is 0.242. The fourth-order valence-corrected chi connectivity index (χ4v) is 5.68. The molecule has 194 valence electrons. The molecule has 1 N–H and O–H groups in total. The van der Waals surface area contributed by atoms with Crippen molar-refractivity contribution in [2.45, 2.75) is 39.2 Å². The Morgan fingerprint density at radius 2 is 1.84 bits per heavy atom. The van der Waals surface area contributed by atoms with Gasteiger partial charge >= 0.3 is 0 Å². The van der Waals surface area contributed by atoms with Gasteiger partial charge in [-0.3, -0.25) is 0 Å². The molecule has 1 aliphatic carbocycles. The molecule has 1 heterocycles. The van der Waals surface area contributed by atoms with E-state index in [1.807, 2.05) is 25.1 Å². The molecule has 0 amide bonds. The van der Waals surface area contributed by atoms with Crippen LogP contribution in [0, 0.1) is 0 Å². The van der Waals surface area contributed by atoms with E-state index >= 15 is 0 Å². The second-order valence-electron chi connectivity index (χ2n) is 9.55. The predicted octanol–water partition coefficient (Wildman–Crippen LogP) is 8.17. The average molecular weight is 522 g/mol. The summed E-state index contributed by atoms with van der Waals surface area (Å²) in [5.41, 5.74) is 9.49. The lowest BCUT2D eigenvalue weighted by molar-refractivity contribution is 0.340. The maximum absolute atomic E-state index is 5.61. The van der Waals surface area contributed by atoms with Gasteiger partial charge < -0.3 is 15.0 Å². The lowest BCUT2D eigenvalue weighted by atomic mass is 10.1. The second-order valence-corrected chi connectivity index (χ2v) is 10.4. The van der Waals surface area contributed by atoms with Crippen LogP contribution in [0.2, 0.25) is 0 Å². The normalized spacial score (nSPS) is 12.1. The van der Waals surface area contributed by atoms with Gasteiger partial charge in [-0.05, 0) is 91.3 Å². The molecule has 4 nitrogen and oxygen atoms in total. The van der Waals surface area contributed by atoms with Crippen molar-refractivity contribution in [1.82, 2.24) is 10.3 Å². The summed E-state index contributed by atoms with van der Waals surface area (Å²) < 4.78 is 5.61. The number of aryl methyl sites for hydroxylation is 2. The molecular weight excluding hydrogens is 486 g/mol. The summed E-state index contributed by atoms with van der Waals surface area (Å²) >= 11 is 1.68. The molecule has 0 unspecified atom stereocenters. The molecule has 38 heavy (non-hydrogen) atoms. The molecule has 1 aliphatic rings. The van der Waals surface area contributed by atoms with E-state index in [0.29, 0.717) is 6.61 Å². The number of nitrogens with zero attached hydrogens (tertiary/aromatic N) is 2. The standard InChI is InChI=1S/C33H35N3OS/c1-4-6-20-34-24(3)26-12-10-25(11-13-26)22-36(30-17-14-27-8-7-9-29(27)21-30)33-35-32(23-38-33)28-15-18-31(19-16-28)37-5-2/h4,10-19,21,23,34H,1,3,5-9,20,22H2,2H3. The lowest BCUT2D eigenvalue weighted by Gasteiger charge is -2.23. The molecular formula is C33H35N3OS. The number of thiazole rings is 1. The Labute approximate surface area is 230 Å². The molecule has 5 rings (SSSR count). The van der Waals surface area contributed by atoms with Gasteiger partial charge in [-0.1, -0.05) is 43.0 Å². The topological polar surface area (TPSA) is 37.4 Å². The molecule has 4 aromatic rings.